The van der Waals surface area contributed by atoms with Gasteiger partial charge in [-0.3, -0.25) is 9.13 Å². The number of hydrogen-bond acceptors (Lipinski definition) is 5. The van der Waals surface area contributed by atoms with Crippen LogP contribution in [0.5, 0.6) is 0 Å². The lowest BCUT2D eigenvalue weighted by Gasteiger charge is -2.11. The van der Waals surface area contributed by atoms with Gasteiger partial charge in [-0.05, 0) is 30.7 Å². The van der Waals surface area contributed by atoms with Gasteiger partial charge in [-0.2, -0.15) is 16.7 Å². The monoisotopic (exact) mass is 377 g/mol. The molecule has 1 N–H and O–H groups in total. The van der Waals surface area contributed by atoms with Crippen molar-refractivity contribution in [2.75, 3.05) is 16.8 Å². The van der Waals surface area contributed by atoms with Crippen LogP contribution in [0.2, 0.25) is 0 Å². The summed E-state index contributed by atoms with van der Waals surface area (Å²) in [6, 6.07) is 2.29. The molecule has 0 amide bonds. The van der Waals surface area contributed by atoms with Gasteiger partial charge in [0.25, 0.3) is 0 Å². The van der Waals surface area contributed by atoms with Gasteiger partial charge in [-0.15, -0.1) is 0 Å². The van der Waals surface area contributed by atoms with Crippen LogP contribution in [0.3, 0.4) is 0 Å². The SMILES string of the molecule is Cc1cc(F)c(F)cc1Nc1ncc2c(n1)n(C1CCSC1)c(=O)n2C. The van der Waals surface area contributed by atoms with E-state index >= 15 is 0 Å². The van der Waals surface area contributed by atoms with Crippen molar-refractivity contribution < 1.29 is 8.78 Å². The van der Waals surface area contributed by atoms with Crippen molar-refractivity contribution in [3.05, 3.63) is 46.0 Å². The minimum absolute atomic E-state index is 0.101. The van der Waals surface area contributed by atoms with Gasteiger partial charge < -0.3 is 5.32 Å². The predicted molar refractivity (Wildman–Crippen MR) is 98.1 cm³/mol. The molecule has 3 aromatic rings. The number of thioether (sulfide) groups is 1. The van der Waals surface area contributed by atoms with Gasteiger partial charge in [-0.1, -0.05) is 0 Å². The van der Waals surface area contributed by atoms with Gasteiger partial charge in [0.15, 0.2) is 17.3 Å². The number of rotatable bonds is 3. The van der Waals surface area contributed by atoms with Crippen LogP contribution >= 0.6 is 11.8 Å². The van der Waals surface area contributed by atoms with E-state index in [4.69, 9.17) is 0 Å². The second-order valence-corrected chi connectivity index (χ2v) is 7.49. The third kappa shape index (κ3) is 2.76. The van der Waals surface area contributed by atoms with Crippen LogP contribution < -0.4 is 11.0 Å². The Morgan fingerprint density at radius 2 is 2.08 bits per heavy atom. The van der Waals surface area contributed by atoms with E-state index in [9.17, 15) is 13.6 Å². The van der Waals surface area contributed by atoms with Gasteiger partial charge in [-0.25, -0.2) is 18.6 Å². The van der Waals surface area contributed by atoms with Crippen molar-refractivity contribution in [2.45, 2.75) is 19.4 Å². The summed E-state index contributed by atoms with van der Waals surface area (Å²) in [6.45, 7) is 1.66. The van der Waals surface area contributed by atoms with E-state index < -0.39 is 11.6 Å². The van der Waals surface area contributed by atoms with Crippen LogP contribution in [-0.2, 0) is 7.05 Å². The molecule has 9 heteroatoms. The minimum Gasteiger partial charge on any atom is -0.324 e. The highest BCUT2D eigenvalue weighted by Gasteiger charge is 2.24. The predicted octanol–water partition coefficient (Wildman–Crippen LogP) is 3.14. The molecule has 26 heavy (non-hydrogen) atoms. The Labute approximate surface area is 152 Å². The Morgan fingerprint density at radius 1 is 1.31 bits per heavy atom. The highest BCUT2D eigenvalue weighted by atomic mass is 32.2. The number of aromatic nitrogens is 4. The Morgan fingerprint density at radius 3 is 2.81 bits per heavy atom. The molecular formula is C17H17F2N5OS. The molecule has 1 fully saturated rings. The average molecular weight is 377 g/mol. The second-order valence-electron chi connectivity index (χ2n) is 6.34. The summed E-state index contributed by atoms with van der Waals surface area (Å²) in [4.78, 5) is 21.3. The third-order valence-electron chi connectivity index (χ3n) is 4.62. The van der Waals surface area contributed by atoms with E-state index in [1.54, 1.807) is 24.7 Å². The maximum Gasteiger partial charge on any atom is 0.330 e. The normalized spacial score (nSPS) is 17.2. The molecule has 1 aliphatic heterocycles. The summed E-state index contributed by atoms with van der Waals surface area (Å²) in [7, 11) is 1.69. The van der Waals surface area contributed by atoms with E-state index in [1.807, 2.05) is 11.8 Å². The standard InChI is InChI=1S/C17H17F2N5OS/c1-9-5-11(18)12(19)6-13(9)21-16-20-7-14-15(22-16)24(17(25)23(14)2)10-3-4-26-8-10/h5-7,10H,3-4,8H2,1-2H3,(H,20,21,22). The summed E-state index contributed by atoms with van der Waals surface area (Å²) >= 11 is 1.81. The Kier molecular flexibility index (Phi) is 4.18. The Hall–Kier alpha value is -2.42. The summed E-state index contributed by atoms with van der Waals surface area (Å²) in [5.41, 5.74) is 1.97. The molecule has 1 aromatic carbocycles. The lowest BCUT2D eigenvalue weighted by atomic mass is 10.2. The fourth-order valence-electron chi connectivity index (χ4n) is 3.15. The van der Waals surface area contributed by atoms with E-state index in [0.29, 0.717) is 22.4 Å². The van der Waals surface area contributed by atoms with Crippen molar-refractivity contribution in [1.82, 2.24) is 19.1 Å². The summed E-state index contributed by atoms with van der Waals surface area (Å²) in [6.07, 6.45) is 2.48. The average Bonchev–Trinajstić information content (AvgIpc) is 3.20. The zero-order chi connectivity index (χ0) is 18.4. The van der Waals surface area contributed by atoms with Gasteiger partial charge in [0.05, 0.1) is 12.2 Å². The van der Waals surface area contributed by atoms with Crippen molar-refractivity contribution >= 4 is 34.6 Å². The van der Waals surface area contributed by atoms with Gasteiger partial charge in [0, 0.05) is 24.6 Å². The molecule has 0 radical (unpaired) electrons. The maximum atomic E-state index is 13.5. The number of fused-ring (bicyclic) bond motifs is 1. The molecule has 3 heterocycles. The Balaban J connectivity index is 1.79. The van der Waals surface area contributed by atoms with E-state index in [0.717, 1.165) is 30.1 Å². The van der Waals surface area contributed by atoms with Gasteiger partial charge >= 0.3 is 5.69 Å². The largest absolute Gasteiger partial charge is 0.330 e. The van der Waals surface area contributed by atoms with Crippen LogP contribution in [0.4, 0.5) is 20.4 Å². The summed E-state index contributed by atoms with van der Waals surface area (Å²) < 4.78 is 30.1. The van der Waals surface area contributed by atoms with Crippen molar-refractivity contribution in [2.24, 2.45) is 7.05 Å². The lowest BCUT2D eigenvalue weighted by Crippen LogP contribution is -2.26. The highest BCUT2D eigenvalue weighted by Crippen LogP contribution is 2.29. The van der Waals surface area contributed by atoms with Crippen molar-refractivity contribution in [3.8, 4) is 0 Å². The van der Waals surface area contributed by atoms with Crippen molar-refractivity contribution in [3.63, 3.8) is 0 Å². The number of imidazole rings is 1. The molecule has 0 saturated carbocycles. The first-order valence-corrected chi connectivity index (χ1v) is 9.35. The van der Waals surface area contributed by atoms with Crippen LogP contribution in [0, 0.1) is 18.6 Å². The fourth-order valence-corrected chi connectivity index (χ4v) is 4.35. The Bertz CT molecular complexity index is 1060. The molecule has 2 aromatic heterocycles. The van der Waals surface area contributed by atoms with Crippen LogP contribution in [0.15, 0.2) is 23.1 Å². The number of nitrogens with zero attached hydrogens (tertiary/aromatic N) is 4. The van der Waals surface area contributed by atoms with Crippen molar-refractivity contribution in [1.29, 1.82) is 0 Å². The molecular weight excluding hydrogens is 360 g/mol. The molecule has 4 rings (SSSR count). The molecule has 1 atom stereocenters. The molecule has 0 spiro atoms. The molecule has 0 aliphatic carbocycles. The zero-order valence-electron chi connectivity index (χ0n) is 14.3. The second kappa shape index (κ2) is 6.39. The number of hydrogen-bond donors (Lipinski definition) is 1. The van der Waals surface area contributed by atoms with Gasteiger partial charge in [0.2, 0.25) is 5.95 Å². The summed E-state index contributed by atoms with van der Waals surface area (Å²) in [5.74, 6) is 0.265. The van der Waals surface area contributed by atoms with Gasteiger partial charge in [0.1, 0.15) is 5.52 Å². The number of nitrogens with one attached hydrogen (secondary N) is 1. The fraction of sp³-hybridized carbons (Fsp3) is 0.353. The maximum absolute atomic E-state index is 13.5. The van der Waals surface area contributed by atoms with E-state index in [1.165, 1.54) is 4.57 Å². The molecule has 1 aliphatic rings. The third-order valence-corrected chi connectivity index (χ3v) is 5.76. The summed E-state index contributed by atoms with van der Waals surface area (Å²) in [5, 5.41) is 2.92. The first-order valence-electron chi connectivity index (χ1n) is 8.20. The van der Waals surface area contributed by atoms with Crippen LogP contribution in [-0.4, -0.2) is 30.6 Å². The first-order chi connectivity index (χ1) is 12.5. The lowest BCUT2D eigenvalue weighted by molar-refractivity contribution is 0.508. The molecule has 136 valence electrons. The van der Waals surface area contributed by atoms with E-state index in [-0.39, 0.29) is 17.7 Å². The number of aryl methyl sites for hydroxylation is 2. The number of anilines is 2. The number of benzene rings is 1. The van der Waals surface area contributed by atoms with E-state index in [2.05, 4.69) is 15.3 Å². The minimum atomic E-state index is -0.946. The molecule has 0 bridgehead atoms. The van der Waals surface area contributed by atoms with Crippen LogP contribution in [0.25, 0.3) is 11.2 Å². The molecule has 1 unspecified atom stereocenters. The van der Waals surface area contributed by atoms with Crippen LogP contribution in [0.1, 0.15) is 18.0 Å². The number of halogens is 2. The highest BCUT2D eigenvalue weighted by molar-refractivity contribution is 7.99. The smallest absolute Gasteiger partial charge is 0.324 e. The first kappa shape index (κ1) is 17.0. The zero-order valence-corrected chi connectivity index (χ0v) is 15.1. The quantitative estimate of drug-likeness (QED) is 0.760. The topological polar surface area (TPSA) is 64.7 Å². The molecule has 1 saturated heterocycles. The molecule has 6 nitrogen and oxygen atoms in total.